The van der Waals surface area contributed by atoms with E-state index in [1.165, 1.54) is 16.0 Å². The Morgan fingerprint density at radius 2 is 2.21 bits per heavy atom. The second-order valence-corrected chi connectivity index (χ2v) is 6.12. The summed E-state index contributed by atoms with van der Waals surface area (Å²) in [6.07, 6.45) is 1.01. The summed E-state index contributed by atoms with van der Waals surface area (Å²) in [5.74, 6) is 1.03. The number of hydrogen-bond acceptors (Lipinski definition) is 4. The van der Waals surface area contributed by atoms with Gasteiger partial charge in [-0.05, 0) is 44.2 Å². The number of rotatable bonds is 3. The van der Waals surface area contributed by atoms with Crippen LogP contribution in [0.5, 0.6) is 5.75 Å². The van der Waals surface area contributed by atoms with Gasteiger partial charge in [-0.25, -0.2) is 4.98 Å². The molecule has 1 aliphatic heterocycles. The molecule has 0 saturated carbocycles. The van der Waals surface area contributed by atoms with Gasteiger partial charge in [0.1, 0.15) is 10.8 Å². The third-order valence-corrected chi connectivity index (χ3v) is 4.77. The summed E-state index contributed by atoms with van der Waals surface area (Å²) in [5.41, 5.74) is 3.70. The maximum atomic E-state index is 5.56. The summed E-state index contributed by atoms with van der Waals surface area (Å²) in [4.78, 5) is 5.97. The Morgan fingerprint density at radius 1 is 1.37 bits per heavy atom. The fraction of sp³-hybridized carbons (Fsp3) is 0.400. The minimum Gasteiger partial charge on any atom is -0.493 e. The maximum Gasteiger partial charge on any atom is 0.122 e. The number of thiazole rings is 1. The van der Waals surface area contributed by atoms with Gasteiger partial charge in [-0.2, -0.15) is 0 Å². The first-order valence-electron chi connectivity index (χ1n) is 6.56. The van der Waals surface area contributed by atoms with Crippen LogP contribution in [0.3, 0.4) is 0 Å². The Labute approximate surface area is 117 Å². The maximum absolute atomic E-state index is 5.56. The molecule has 3 nitrogen and oxygen atoms in total. The highest BCUT2D eigenvalue weighted by Gasteiger charge is 2.20. The van der Waals surface area contributed by atoms with Gasteiger partial charge in [-0.3, -0.25) is 0 Å². The van der Waals surface area contributed by atoms with Gasteiger partial charge in [-0.15, -0.1) is 11.3 Å². The minimum absolute atomic E-state index is 0.170. The highest BCUT2D eigenvalue weighted by atomic mass is 32.1. The molecule has 1 aromatic heterocycles. The van der Waals surface area contributed by atoms with Crippen LogP contribution in [0.15, 0.2) is 18.2 Å². The Hall–Kier alpha value is -1.39. The van der Waals surface area contributed by atoms with E-state index in [0.29, 0.717) is 0 Å². The first-order valence-corrected chi connectivity index (χ1v) is 7.37. The first kappa shape index (κ1) is 12.6. The summed E-state index contributed by atoms with van der Waals surface area (Å²) in [6, 6.07) is 6.63. The number of aromatic nitrogens is 1. The van der Waals surface area contributed by atoms with Crippen LogP contribution in [-0.2, 0) is 6.42 Å². The molecule has 0 saturated heterocycles. The molecule has 1 atom stereocenters. The molecule has 1 aromatic carbocycles. The number of aryl methyl sites for hydroxylation is 2. The molecular weight excluding hydrogens is 256 g/mol. The van der Waals surface area contributed by atoms with Gasteiger partial charge in [0.25, 0.3) is 0 Å². The van der Waals surface area contributed by atoms with Gasteiger partial charge < -0.3 is 10.1 Å². The average Bonchev–Trinajstić information content (AvgIpc) is 2.98. The summed E-state index contributed by atoms with van der Waals surface area (Å²) in [5, 5.41) is 4.51. The van der Waals surface area contributed by atoms with E-state index < -0.39 is 0 Å². The van der Waals surface area contributed by atoms with Crippen molar-refractivity contribution >= 4 is 11.3 Å². The number of hydrogen-bond donors (Lipinski definition) is 1. The SMILES string of the molecule is CNC(c1ccc2c(c1)CCO2)c1nc(C)c(C)s1. The number of nitrogens with zero attached hydrogens (tertiary/aromatic N) is 1. The Balaban J connectivity index is 1.98. The smallest absolute Gasteiger partial charge is 0.122 e. The summed E-state index contributed by atoms with van der Waals surface area (Å²) >= 11 is 1.77. The van der Waals surface area contributed by atoms with Crippen LogP contribution >= 0.6 is 11.3 Å². The second-order valence-electron chi connectivity index (χ2n) is 4.88. The van der Waals surface area contributed by atoms with E-state index in [0.717, 1.165) is 29.5 Å². The molecule has 1 aliphatic rings. The lowest BCUT2D eigenvalue weighted by Gasteiger charge is -2.14. The number of fused-ring (bicyclic) bond motifs is 1. The standard InChI is InChI=1S/C15H18N2OS/c1-9-10(2)19-15(17-9)14(16-3)12-4-5-13-11(8-12)6-7-18-13/h4-5,8,14,16H,6-7H2,1-3H3. The zero-order valence-corrected chi connectivity index (χ0v) is 12.3. The van der Waals surface area contributed by atoms with Gasteiger partial charge in [0.2, 0.25) is 0 Å². The van der Waals surface area contributed by atoms with E-state index in [1.54, 1.807) is 11.3 Å². The number of ether oxygens (including phenoxy) is 1. The quantitative estimate of drug-likeness (QED) is 0.934. The molecule has 4 heteroatoms. The van der Waals surface area contributed by atoms with Crippen molar-refractivity contribution in [3.8, 4) is 5.75 Å². The van der Waals surface area contributed by atoms with E-state index in [9.17, 15) is 0 Å². The van der Waals surface area contributed by atoms with E-state index in [1.807, 2.05) is 7.05 Å². The van der Waals surface area contributed by atoms with Crippen LogP contribution in [0, 0.1) is 13.8 Å². The van der Waals surface area contributed by atoms with Gasteiger partial charge in [0.15, 0.2) is 0 Å². The fourth-order valence-corrected chi connectivity index (χ4v) is 3.50. The zero-order valence-electron chi connectivity index (χ0n) is 11.5. The summed E-state index contributed by atoms with van der Waals surface area (Å²) in [7, 11) is 1.99. The third-order valence-electron chi connectivity index (χ3n) is 3.63. The van der Waals surface area contributed by atoms with Crippen molar-refractivity contribution in [2.75, 3.05) is 13.7 Å². The van der Waals surface area contributed by atoms with Crippen LogP contribution in [0.4, 0.5) is 0 Å². The normalized spacial score (nSPS) is 15.1. The number of benzene rings is 1. The predicted octanol–water partition coefficient (Wildman–Crippen LogP) is 3.00. The molecule has 0 fully saturated rings. The first-order chi connectivity index (χ1) is 9.19. The molecule has 2 heterocycles. The van der Waals surface area contributed by atoms with E-state index in [2.05, 4.69) is 42.3 Å². The van der Waals surface area contributed by atoms with Crippen molar-refractivity contribution in [1.82, 2.24) is 10.3 Å². The van der Waals surface area contributed by atoms with E-state index in [-0.39, 0.29) is 6.04 Å². The number of nitrogens with one attached hydrogen (secondary N) is 1. The molecule has 1 N–H and O–H groups in total. The topological polar surface area (TPSA) is 34.1 Å². The molecule has 0 radical (unpaired) electrons. The van der Waals surface area contributed by atoms with Crippen molar-refractivity contribution in [1.29, 1.82) is 0 Å². The van der Waals surface area contributed by atoms with Gasteiger partial charge in [0.05, 0.1) is 18.3 Å². The lowest BCUT2D eigenvalue weighted by molar-refractivity contribution is 0.357. The minimum atomic E-state index is 0.170. The lowest BCUT2D eigenvalue weighted by atomic mass is 10.0. The van der Waals surface area contributed by atoms with Crippen LogP contribution in [0.2, 0.25) is 0 Å². The third kappa shape index (κ3) is 2.26. The van der Waals surface area contributed by atoms with Gasteiger partial charge in [0, 0.05) is 11.3 Å². The Morgan fingerprint density at radius 3 is 2.89 bits per heavy atom. The van der Waals surface area contributed by atoms with Gasteiger partial charge >= 0.3 is 0 Å². The average molecular weight is 274 g/mol. The summed E-state index contributed by atoms with van der Waals surface area (Å²) < 4.78 is 5.56. The van der Waals surface area contributed by atoms with Crippen molar-refractivity contribution in [2.24, 2.45) is 0 Å². The molecule has 19 heavy (non-hydrogen) atoms. The van der Waals surface area contributed by atoms with Crippen molar-refractivity contribution in [2.45, 2.75) is 26.3 Å². The largest absolute Gasteiger partial charge is 0.493 e. The Bertz CT molecular complexity index is 587. The van der Waals surface area contributed by atoms with Crippen molar-refractivity contribution < 1.29 is 4.74 Å². The Kier molecular flexibility index (Phi) is 3.29. The lowest BCUT2D eigenvalue weighted by Crippen LogP contribution is -2.17. The van der Waals surface area contributed by atoms with E-state index >= 15 is 0 Å². The fourth-order valence-electron chi connectivity index (χ4n) is 2.44. The second kappa shape index (κ2) is 4.94. The molecule has 0 amide bonds. The van der Waals surface area contributed by atoms with Crippen molar-refractivity contribution in [3.05, 3.63) is 44.9 Å². The molecular formula is C15H18N2OS. The molecule has 0 spiro atoms. The zero-order chi connectivity index (χ0) is 13.4. The van der Waals surface area contributed by atoms with Crippen LogP contribution in [0.1, 0.15) is 32.7 Å². The van der Waals surface area contributed by atoms with Gasteiger partial charge in [-0.1, -0.05) is 6.07 Å². The molecule has 1 unspecified atom stereocenters. The molecule has 0 aliphatic carbocycles. The highest BCUT2D eigenvalue weighted by Crippen LogP contribution is 2.32. The molecule has 3 rings (SSSR count). The molecule has 0 bridgehead atoms. The van der Waals surface area contributed by atoms with E-state index in [4.69, 9.17) is 4.74 Å². The summed E-state index contributed by atoms with van der Waals surface area (Å²) in [6.45, 7) is 5.00. The van der Waals surface area contributed by atoms with Crippen LogP contribution in [0.25, 0.3) is 0 Å². The van der Waals surface area contributed by atoms with Crippen LogP contribution < -0.4 is 10.1 Å². The van der Waals surface area contributed by atoms with Crippen molar-refractivity contribution in [3.63, 3.8) is 0 Å². The van der Waals surface area contributed by atoms with Crippen LogP contribution in [-0.4, -0.2) is 18.6 Å². The predicted molar refractivity (Wildman–Crippen MR) is 78.1 cm³/mol. The monoisotopic (exact) mass is 274 g/mol. The highest BCUT2D eigenvalue weighted by molar-refractivity contribution is 7.11. The molecule has 2 aromatic rings. The molecule has 100 valence electrons.